The molecule has 24 heteroatoms. The van der Waals surface area contributed by atoms with Gasteiger partial charge in [0, 0.05) is 170 Å². The van der Waals surface area contributed by atoms with Crippen molar-refractivity contribution in [2.45, 2.75) is 398 Å². The first-order valence-corrected chi connectivity index (χ1v) is 40.2. The van der Waals surface area contributed by atoms with Crippen LogP contribution in [0, 0.1) is 0 Å². The van der Waals surface area contributed by atoms with Crippen LogP contribution in [0.4, 0.5) is 17.8 Å². The Morgan fingerprint density at radius 1 is 0.257 bits per heavy atom. The van der Waals surface area contributed by atoms with Gasteiger partial charge in [-0.1, -0.05) is 25.7 Å². The van der Waals surface area contributed by atoms with E-state index in [0.717, 1.165) is 142 Å². The first kappa shape index (κ1) is 84.0. The molecule has 105 heavy (non-hydrogen) atoms. The zero-order valence-corrected chi connectivity index (χ0v) is 71.5. The summed E-state index contributed by atoms with van der Waals surface area (Å²) in [5.74, 6) is 1.53. The maximum absolute atomic E-state index is 6.99. The number of hydrogen-bond acceptors (Lipinski definition) is 24. The topological polar surface area (TPSA) is 218 Å². The van der Waals surface area contributed by atoms with E-state index in [2.05, 4.69) is 253 Å². The van der Waals surface area contributed by atoms with E-state index in [4.69, 9.17) is 73.3 Å². The molecule has 0 aromatic carbocycles. The van der Waals surface area contributed by atoms with Gasteiger partial charge in [-0.15, -0.1) is 15.0 Å². The van der Waals surface area contributed by atoms with Crippen LogP contribution in [0.2, 0.25) is 0 Å². The van der Waals surface area contributed by atoms with Gasteiger partial charge in [-0.05, 0) is 234 Å². The molecule has 0 unspecified atom stereocenters. The largest absolute Gasteiger partial charge is 0.460 e. The summed E-state index contributed by atoms with van der Waals surface area (Å²) in [5.41, 5.74) is -0.975. The molecule has 0 radical (unpaired) electrons. The summed E-state index contributed by atoms with van der Waals surface area (Å²) < 4.78 is 41.0. The molecule has 0 saturated carbocycles. The minimum atomic E-state index is -0.103. The number of rotatable bonds is 29. The Hall–Kier alpha value is -5.01. The fourth-order valence-electron chi connectivity index (χ4n) is 19.0. The third kappa shape index (κ3) is 20.9. The van der Waals surface area contributed by atoms with Crippen LogP contribution in [0.5, 0.6) is 36.1 Å². The summed E-state index contributed by atoms with van der Waals surface area (Å²) in [6.07, 6.45) is 17.2. The van der Waals surface area contributed by atoms with Crippen molar-refractivity contribution in [2.75, 3.05) is 84.0 Å². The van der Waals surface area contributed by atoms with Crippen LogP contribution in [0.15, 0.2) is 0 Å². The molecule has 9 heterocycles. The molecule has 2 N–H and O–H groups in total. The van der Waals surface area contributed by atoms with Crippen molar-refractivity contribution in [3.63, 3.8) is 0 Å². The van der Waals surface area contributed by atoms with Crippen molar-refractivity contribution in [2.24, 2.45) is 0 Å². The van der Waals surface area contributed by atoms with Gasteiger partial charge >= 0.3 is 36.1 Å². The third-order valence-electron chi connectivity index (χ3n) is 26.6. The summed E-state index contributed by atoms with van der Waals surface area (Å²) in [5, 5.41) is 7.15. The van der Waals surface area contributed by atoms with E-state index in [0.29, 0.717) is 67.0 Å². The molecule has 6 aliphatic rings. The van der Waals surface area contributed by atoms with E-state index in [1.165, 1.54) is 0 Å². The van der Waals surface area contributed by atoms with E-state index in [-0.39, 0.29) is 103 Å². The van der Waals surface area contributed by atoms with Crippen LogP contribution in [0.3, 0.4) is 0 Å². The number of nitrogens with one attached hydrogen (secondary N) is 2. The summed E-state index contributed by atoms with van der Waals surface area (Å²) in [4.78, 5) is 62.1. The number of hydrogen-bond donors (Lipinski definition) is 2. The van der Waals surface area contributed by atoms with Crippen LogP contribution < -0.4 is 44.0 Å². The molecule has 9 rings (SSSR count). The van der Waals surface area contributed by atoms with Crippen molar-refractivity contribution in [3.05, 3.63) is 0 Å². The lowest BCUT2D eigenvalue weighted by atomic mass is 9.79. The summed E-state index contributed by atoms with van der Waals surface area (Å²) >= 11 is 0. The Morgan fingerprint density at radius 3 is 0.619 bits per heavy atom. The lowest BCUT2D eigenvalue weighted by Gasteiger charge is -2.53. The Bertz CT molecular complexity index is 2930. The number of ether oxygens (including phenoxy) is 6. The molecule has 0 spiro atoms. The van der Waals surface area contributed by atoms with E-state index in [1.807, 2.05) is 0 Å². The highest BCUT2D eigenvalue weighted by Crippen LogP contribution is 2.45. The van der Waals surface area contributed by atoms with Gasteiger partial charge in [-0.25, -0.2) is 0 Å². The number of aromatic nitrogens is 9. The fourth-order valence-corrected chi connectivity index (χ4v) is 19.0. The maximum atomic E-state index is 6.99. The SMILES string of the molecule is CN1C(C)(C)CC(Oc2nc(NCCCCCCN(CCCCCCNc3nc(OC4CC(C)(C)N(C)C(C)(C)C4)nc(OC4CC(C)(C)N(C)C(C)(C)C4)n3)c3nc(OC4CC(C)(C)N(C)C(C)(C)C4)nc(OC4CC(C)(C)N(C)C(C)(C)C4)n3)nc(OC3CC(C)(C)N(C)C(C)(C)C3)n2)CC1(C)C. The third-order valence-corrected chi connectivity index (χ3v) is 26.6. The molecule has 0 atom stereocenters. The van der Waals surface area contributed by atoms with E-state index >= 15 is 0 Å². The lowest BCUT2D eigenvalue weighted by Crippen LogP contribution is -2.60. The molecular weight excluding hydrogens is 1320 g/mol. The molecule has 0 aliphatic carbocycles. The predicted octanol–water partition coefficient (Wildman–Crippen LogP) is 14.6. The van der Waals surface area contributed by atoms with E-state index < -0.39 is 0 Å². The molecule has 0 bridgehead atoms. The molecule has 6 aliphatic heterocycles. The smallest absolute Gasteiger partial charge is 0.324 e. The molecule has 24 nitrogen and oxygen atoms in total. The quantitative estimate of drug-likeness (QED) is 0.0617. The monoisotopic (exact) mass is 1470 g/mol. The van der Waals surface area contributed by atoms with E-state index in [1.54, 1.807) is 0 Å². The molecule has 596 valence electrons. The molecule has 6 saturated heterocycles. The van der Waals surface area contributed by atoms with Gasteiger partial charge in [-0.3, -0.25) is 29.4 Å². The van der Waals surface area contributed by atoms with Crippen LogP contribution >= 0.6 is 0 Å². The van der Waals surface area contributed by atoms with Crippen molar-refractivity contribution < 1.29 is 28.4 Å². The minimum absolute atomic E-state index is 0.0715. The average Bonchev–Trinajstić information content (AvgIpc) is 0.801. The maximum Gasteiger partial charge on any atom is 0.324 e. The molecule has 3 aromatic rings. The van der Waals surface area contributed by atoms with Gasteiger partial charge in [0.15, 0.2) is 0 Å². The average molecular weight is 1470 g/mol. The first-order valence-electron chi connectivity index (χ1n) is 40.2. The predicted molar refractivity (Wildman–Crippen MR) is 423 cm³/mol. The van der Waals surface area contributed by atoms with Gasteiger partial charge in [0.25, 0.3) is 0 Å². The zero-order chi connectivity index (χ0) is 77.7. The fraction of sp³-hybridized carbons (Fsp3) is 0.889. The second-order valence-corrected chi connectivity index (χ2v) is 40.3. The summed E-state index contributed by atoms with van der Waals surface area (Å²) in [6, 6.07) is 1.86. The van der Waals surface area contributed by atoms with Crippen molar-refractivity contribution >= 4 is 17.8 Å². The summed E-state index contributed by atoms with van der Waals surface area (Å²) in [7, 11) is 13.3. The molecule has 3 aromatic heterocycles. The Balaban J connectivity index is 0.905. The highest BCUT2D eigenvalue weighted by Gasteiger charge is 2.51. The van der Waals surface area contributed by atoms with Crippen LogP contribution in [0.25, 0.3) is 0 Å². The Labute approximate surface area is 635 Å². The molecular formula is C81H146N18O6. The van der Waals surface area contributed by atoms with Gasteiger partial charge in [0.2, 0.25) is 17.8 Å². The Morgan fingerprint density at radius 2 is 0.429 bits per heavy atom. The normalized spacial score (nSPS) is 25.1. The van der Waals surface area contributed by atoms with Crippen LogP contribution in [-0.2, 0) is 0 Å². The standard InChI is InChI=1S/C81H146N18O6/c1-70(2)43-55(44-71(3,4)93(70)25)100-64-84-61(85-65(90-64)101-56-45-72(5,6)94(26)73(7,8)46-56)82-39-35-31-33-37-41-99(63-88-68(104-59-51-78(17,18)97(29)79(19,20)52-59)92-69(89-63)105-60-53-80(21,22)98(30)81(23,24)54-60)42-38-34-32-36-40-83-62-86-66(102-57-47-74(9,10)95(27)75(11,12)48-57)91-67(87-62)103-58-49-76(13,14)96(28)77(15,16)50-58/h55-60H,31-54H2,1-30H3,(H,82,84,85,90)(H,83,86,87,91). The summed E-state index contributed by atoms with van der Waals surface area (Å²) in [6.45, 7) is 57.8. The zero-order valence-electron chi connectivity index (χ0n) is 71.5. The van der Waals surface area contributed by atoms with Crippen molar-refractivity contribution in [3.8, 4) is 36.1 Å². The van der Waals surface area contributed by atoms with Crippen molar-refractivity contribution in [1.29, 1.82) is 0 Å². The van der Waals surface area contributed by atoms with E-state index in [9.17, 15) is 0 Å². The highest BCUT2D eigenvalue weighted by molar-refractivity contribution is 5.33. The molecule has 6 fully saturated rings. The number of anilines is 3. The Kier molecular flexibility index (Phi) is 25.1. The first-order chi connectivity index (χ1) is 48.3. The van der Waals surface area contributed by atoms with Crippen LogP contribution in [-0.4, -0.2) is 246 Å². The number of unbranched alkanes of at least 4 members (excludes halogenated alkanes) is 6. The number of piperidine rings is 6. The minimum Gasteiger partial charge on any atom is -0.460 e. The van der Waals surface area contributed by atoms with Gasteiger partial charge in [0.05, 0.1) is 0 Å². The van der Waals surface area contributed by atoms with Crippen molar-refractivity contribution in [1.82, 2.24) is 74.3 Å². The van der Waals surface area contributed by atoms with Gasteiger partial charge < -0.3 is 44.0 Å². The van der Waals surface area contributed by atoms with Gasteiger partial charge in [0.1, 0.15) is 36.6 Å². The highest BCUT2D eigenvalue weighted by atomic mass is 16.5. The van der Waals surface area contributed by atoms with Crippen LogP contribution in [0.1, 0.15) is 295 Å². The molecule has 0 amide bonds. The second-order valence-electron chi connectivity index (χ2n) is 40.3. The second kappa shape index (κ2) is 31.4. The number of likely N-dealkylation sites (tertiary alicyclic amines) is 6. The van der Waals surface area contributed by atoms with Gasteiger partial charge in [-0.2, -0.15) is 29.9 Å². The lowest BCUT2D eigenvalue weighted by molar-refractivity contribution is -0.0617. The number of nitrogens with zero attached hydrogens (tertiary/aromatic N) is 16.